The highest BCUT2D eigenvalue weighted by Crippen LogP contribution is 2.24. The van der Waals surface area contributed by atoms with Gasteiger partial charge in [-0.15, -0.1) is 0 Å². The molecule has 124 valence electrons. The van der Waals surface area contributed by atoms with Gasteiger partial charge < -0.3 is 44.1 Å². The molecule has 9 heteroatoms. The fourth-order valence-electron chi connectivity index (χ4n) is 2.45. The van der Waals surface area contributed by atoms with E-state index in [9.17, 15) is 20.4 Å². The first kappa shape index (κ1) is 17.0. The molecule has 0 spiro atoms. The summed E-state index contributed by atoms with van der Waals surface area (Å²) < 4.78 is 25.7. The number of ether oxygens (including phenoxy) is 5. The Morgan fingerprint density at radius 3 is 2.10 bits per heavy atom. The molecule has 0 aromatic heterocycles. The minimum atomic E-state index is -1.28. The molecule has 8 atom stereocenters. The highest BCUT2D eigenvalue weighted by Gasteiger charge is 2.45. The Labute approximate surface area is 121 Å². The second kappa shape index (κ2) is 7.27. The van der Waals surface area contributed by atoms with Gasteiger partial charge in [-0.2, -0.15) is 0 Å². The van der Waals surface area contributed by atoms with E-state index in [2.05, 4.69) is 0 Å². The molecule has 9 nitrogen and oxygen atoms in total. The molecule has 0 amide bonds. The van der Waals surface area contributed by atoms with Crippen molar-refractivity contribution in [3.63, 3.8) is 0 Å². The number of methoxy groups -OCH3 is 2. The molecule has 0 bridgehead atoms. The van der Waals surface area contributed by atoms with Gasteiger partial charge in [-0.1, -0.05) is 0 Å². The molecule has 2 aliphatic heterocycles. The number of rotatable bonds is 4. The molecule has 0 saturated carbocycles. The van der Waals surface area contributed by atoms with E-state index in [0.29, 0.717) is 0 Å². The molecule has 0 aliphatic carbocycles. The summed E-state index contributed by atoms with van der Waals surface area (Å²) >= 11 is 0. The number of aliphatic hydroxyl groups excluding tert-OH is 4. The van der Waals surface area contributed by atoms with Crippen LogP contribution in [0.15, 0.2) is 0 Å². The smallest absolute Gasteiger partial charge is 0.186 e. The molecule has 4 N–H and O–H groups in total. The summed E-state index contributed by atoms with van der Waals surface area (Å²) in [7, 11) is 2.70. The summed E-state index contributed by atoms with van der Waals surface area (Å²) in [5, 5.41) is 39.4. The predicted octanol–water partition coefficient (Wildman–Crippen LogP) is -2.81. The number of hydrogen-bond donors (Lipinski definition) is 4. The van der Waals surface area contributed by atoms with Crippen LogP contribution in [0.4, 0.5) is 0 Å². The Morgan fingerprint density at radius 1 is 0.810 bits per heavy atom. The third kappa shape index (κ3) is 3.52. The fraction of sp³-hybridized carbons (Fsp3) is 1.00. The molecule has 2 fully saturated rings. The Kier molecular flexibility index (Phi) is 5.88. The molecule has 2 rings (SSSR count). The zero-order valence-corrected chi connectivity index (χ0v) is 11.9. The number of hydrogen-bond acceptors (Lipinski definition) is 9. The van der Waals surface area contributed by atoms with Crippen molar-refractivity contribution >= 4 is 0 Å². The molecule has 2 aliphatic rings. The van der Waals surface area contributed by atoms with Crippen molar-refractivity contribution in [1.82, 2.24) is 0 Å². The first-order chi connectivity index (χ1) is 9.99. The minimum absolute atomic E-state index is 0.0382. The van der Waals surface area contributed by atoms with E-state index in [-0.39, 0.29) is 13.2 Å². The Hall–Kier alpha value is -0.360. The highest BCUT2D eigenvalue weighted by atomic mass is 16.7. The van der Waals surface area contributed by atoms with Crippen LogP contribution < -0.4 is 0 Å². The molecule has 2 unspecified atom stereocenters. The van der Waals surface area contributed by atoms with E-state index >= 15 is 0 Å². The molecule has 0 aromatic carbocycles. The van der Waals surface area contributed by atoms with E-state index in [0.717, 1.165) is 0 Å². The third-order valence-corrected chi connectivity index (χ3v) is 3.67. The predicted molar refractivity (Wildman–Crippen MR) is 66.2 cm³/mol. The van der Waals surface area contributed by atoms with Gasteiger partial charge in [-0.05, 0) is 0 Å². The van der Waals surface area contributed by atoms with E-state index in [4.69, 9.17) is 23.7 Å². The molecule has 2 heterocycles. The van der Waals surface area contributed by atoms with Gasteiger partial charge in [0.1, 0.15) is 36.6 Å². The van der Waals surface area contributed by atoms with Crippen molar-refractivity contribution in [3.8, 4) is 0 Å². The summed E-state index contributed by atoms with van der Waals surface area (Å²) in [6.07, 6.45) is -8.55. The van der Waals surface area contributed by atoms with Crippen LogP contribution in [0.3, 0.4) is 0 Å². The summed E-state index contributed by atoms with van der Waals surface area (Å²) in [6, 6.07) is 0. The standard InChI is InChI=1S/C12H22O9/c1-17-10-5(13)3-19-12(9(10)16)21-6-4-20-11(18-2)8(15)7(6)14/h5-16H,3-4H2,1-2H3/t5-,6-,7+,8?,9?,10+,11+,12+/m1/s1. The molecule has 2 saturated heterocycles. The van der Waals surface area contributed by atoms with Crippen LogP contribution in [-0.2, 0) is 23.7 Å². The van der Waals surface area contributed by atoms with Crippen molar-refractivity contribution in [2.24, 2.45) is 0 Å². The lowest BCUT2D eigenvalue weighted by atomic mass is 10.0. The highest BCUT2D eigenvalue weighted by molar-refractivity contribution is 4.88. The van der Waals surface area contributed by atoms with Crippen molar-refractivity contribution < 1.29 is 44.1 Å². The van der Waals surface area contributed by atoms with Gasteiger partial charge in [0.15, 0.2) is 12.6 Å². The van der Waals surface area contributed by atoms with Crippen LogP contribution in [0.1, 0.15) is 0 Å². The summed E-state index contributed by atoms with van der Waals surface area (Å²) in [5.74, 6) is 0. The first-order valence-corrected chi connectivity index (χ1v) is 6.66. The third-order valence-electron chi connectivity index (χ3n) is 3.67. The van der Waals surface area contributed by atoms with E-state index in [1.54, 1.807) is 0 Å². The van der Waals surface area contributed by atoms with Crippen LogP contribution in [-0.4, -0.2) is 97.1 Å². The minimum Gasteiger partial charge on any atom is -0.388 e. The van der Waals surface area contributed by atoms with Crippen molar-refractivity contribution in [2.45, 2.75) is 49.2 Å². The Balaban J connectivity index is 1.95. The monoisotopic (exact) mass is 310 g/mol. The number of aliphatic hydroxyl groups is 4. The van der Waals surface area contributed by atoms with Crippen LogP contribution in [0, 0.1) is 0 Å². The molecule has 0 aromatic rings. The van der Waals surface area contributed by atoms with Crippen molar-refractivity contribution in [3.05, 3.63) is 0 Å². The summed E-state index contributed by atoms with van der Waals surface area (Å²) in [6.45, 7) is -0.114. The fourth-order valence-corrected chi connectivity index (χ4v) is 2.45. The molecular formula is C12H22O9. The quantitative estimate of drug-likeness (QED) is 0.435. The Bertz CT molecular complexity index is 328. The van der Waals surface area contributed by atoms with Gasteiger partial charge >= 0.3 is 0 Å². The lowest BCUT2D eigenvalue weighted by Gasteiger charge is -2.41. The van der Waals surface area contributed by atoms with Crippen LogP contribution in [0.2, 0.25) is 0 Å². The van der Waals surface area contributed by atoms with Gasteiger partial charge in [-0.25, -0.2) is 0 Å². The maximum absolute atomic E-state index is 10.0. The van der Waals surface area contributed by atoms with Crippen LogP contribution >= 0.6 is 0 Å². The van der Waals surface area contributed by atoms with E-state index < -0.39 is 49.2 Å². The SMILES string of the molecule is CO[C@H]1OC[C@@H](O[C@@H]2OC[C@@H](O)[C@H](OC)C2O)[C@H](O)C1O. The van der Waals surface area contributed by atoms with Gasteiger partial charge in [0.2, 0.25) is 0 Å². The second-order valence-corrected chi connectivity index (χ2v) is 5.05. The Morgan fingerprint density at radius 2 is 1.48 bits per heavy atom. The van der Waals surface area contributed by atoms with Crippen molar-refractivity contribution in [2.75, 3.05) is 27.4 Å². The van der Waals surface area contributed by atoms with Gasteiger partial charge in [0, 0.05) is 14.2 Å². The van der Waals surface area contributed by atoms with Gasteiger partial charge in [0.25, 0.3) is 0 Å². The van der Waals surface area contributed by atoms with Crippen LogP contribution in [0.25, 0.3) is 0 Å². The van der Waals surface area contributed by atoms with Gasteiger partial charge in [0.05, 0.1) is 13.2 Å². The first-order valence-electron chi connectivity index (χ1n) is 6.66. The van der Waals surface area contributed by atoms with E-state index in [1.165, 1.54) is 14.2 Å². The van der Waals surface area contributed by atoms with Crippen LogP contribution in [0.5, 0.6) is 0 Å². The lowest BCUT2D eigenvalue weighted by Crippen LogP contribution is -2.59. The average Bonchev–Trinajstić information content (AvgIpc) is 2.47. The normalized spacial score (nSPS) is 48.3. The van der Waals surface area contributed by atoms with E-state index in [1.807, 2.05) is 0 Å². The summed E-state index contributed by atoms with van der Waals surface area (Å²) in [5.41, 5.74) is 0. The average molecular weight is 310 g/mol. The van der Waals surface area contributed by atoms with Crippen molar-refractivity contribution in [1.29, 1.82) is 0 Å². The molecule has 0 radical (unpaired) electrons. The lowest BCUT2D eigenvalue weighted by molar-refractivity contribution is -0.327. The zero-order chi connectivity index (χ0) is 15.6. The summed E-state index contributed by atoms with van der Waals surface area (Å²) in [4.78, 5) is 0. The maximum atomic E-state index is 10.0. The largest absolute Gasteiger partial charge is 0.388 e. The maximum Gasteiger partial charge on any atom is 0.186 e. The zero-order valence-electron chi connectivity index (χ0n) is 11.9. The topological polar surface area (TPSA) is 127 Å². The van der Waals surface area contributed by atoms with Gasteiger partial charge in [-0.3, -0.25) is 0 Å². The molecule has 21 heavy (non-hydrogen) atoms. The second-order valence-electron chi connectivity index (χ2n) is 5.05. The molecular weight excluding hydrogens is 288 g/mol.